The molecule has 2 aliphatic carbocycles. The highest BCUT2D eigenvalue weighted by Crippen LogP contribution is 2.62. The number of carbonyl (C=O) groups is 1. The van der Waals surface area contributed by atoms with Crippen molar-refractivity contribution < 1.29 is 48.6 Å². The summed E-state index contributed by atoms with van der Waals surface area (Å²) in [6.07, 6.45) is 10.7. The maximum Gasteiger partial charge on any atom is 0.254 e. The Balaban J connectivity index is 1.45. The van der Waals surface area contributed by atoms with Gasteiger partial charge in [0, 0.05) is 49.6 Å². The number of amides is 1. The lowest BCUT2D eigenvalue weighted by Gasteiger charge is -2.60. The third-order valence-corrected chi connectivity index (χ3v) is 13.4. The van der Waals surface area contributed by atoms with Gasteiger partial charge in [-0.3, -0.25) is 4.79 Å². The zero-order valence-electron chi connectivity index (χ0n) is 37.9. The molecule has 3 aromatic carbocycles. The van der Waals surface area contributed by atoms with E-state index in [4.69, 9.17) is 33.7 Å². The van der Waals surface area contributed by atoms with E-state index in [0.717, 1.165) is 55.2 Å². The van der Waals surface area contributed by atoms with Crippen LogP contribution in [0.2, 0.25) is 0 Å². The predicted molar refractivity (Wildman–Crippen MR) is 246 cm³/mol. The summed E-state index contributed by atoms with van der Waals surface area (Å²) in [5, 5.41) is 44.2. The smallest absolute Gasteiger partial charge is 0.254 e. The SMILES string of the molecule is C=CCOC12Oc3ccc(Oc4ccc(C)c(C)c4)cc3C3C(CCCCO)C(CCCCO)C=C(C(=NOC4CCCCO4)CC1N(CCOCCO)C(=O)c1ccc(C#N)cc1)C32. The topological polar surface area (TPSA) is 173 Å². The van der Waals surface area contributed by atoms with Crippen molar-refractivity contribution in [1.82, 2.24) is 4.90 Å². The Kier molecular flexibility index (Phi) is 16.9. The van der Waals surface area contributed by atoms with Crippen molar-refractivity contribution in [3.63, 3.8) is 0 Å². The van der Waals surface area contributed by atoms with E-state index in [1.807, 2.05) is 30.3 Å². The van der Waals surface area contributed by atoms with Crippen molar-refractivity contribution in [1.29, 1.82) is 5.26 Å². The zero-order valence-corrected chi connectivity index (χ0v) is 37.9. The predicted octanol–water partition coefficient (Wildman–Crippen LogP) is 8.28. The van der Waals surface area contributed by atoms with E-state index in [9.17, 15) is 20.6 Å². The second-order valence-electron chi connectivity index (χ2n) is 17.5. The minimum absolute atomic E-state index is 0.0124. The Morgan fingerprint density at radius 1 is 0.954 bits per heavy atom. The summed E-state index contributed by atoms with van der Waals surface area (Å²) in [5.74, 6) is -0.605. The first-order valence-electron chi connectivity index (χ1n) is 23.4. The second kappa shape index (κ2) is 22.9. The van der Waals surface area contributed by atoms with Crippen LogP contribution < -0.4 is 9.47 Å². The number of fused-ring (bicyclic) bond motifs is 2. The number of aliphatic hydroxyl groups excluding tert-OH is 3. The number of unbranched alkanes of at least 4 members (excludes halogenated alkanes) is 2. The Labute approximate surface area is 383 Å². The van der Waals surface area contributed by atoms with Gasteiger partial charge in [-0.05, 0) is 136 Å². The number of nitriles is 1. The third-order valence-electron chi connectivity index (χ3n) is 13.4. The molecule has 0 aromatic heterocycles. The van der Waals surface area contributed by atoms with Gasteiger partial charge in [-0.25, -0.2) is 0 Å². The molecule has 13 nitrogen and oxygen atoms in total. The molecule has 2 aliphatic heterocycles. The number of benzene rings is 3. The van der Waals surface area contributed by atoms with Crippen LogP contribution in [0.25, 0.3) is 0 Å². The number of rotatable bonds is 22. The minimum atomic E-state index is -1.50. The molecular weight excluding hydrogens is 827 g/mol. The fourth-order valence-electron chi connectivity index (χ4n) is 10.1. The van der Waals surface area contributed by atoms with Crippen LogP contribution in [-0.4, -0.2) is 103 Å². The number of aryl methyl sites for hydroxylation is 2. The van der Waals surface area contributed by atoms with Gasteiger partial charge in [-0.15, -0.1) is 6.58 Å². The highest BCUT2D eigenvalue weighted by molar-refractivity contribution is 6.03. The van der Waals surface area contributed by atoms with Crippen molar-refractivity contribution in [3.05, 3.63) is 113 Å². The summed E-state index contributed by atoms with van der Waals surface area (Å²) < 4.78 is 33.0. The van der Waals surface area contributed by atoms with Crippen molar-refractivity contribution in [3.8, 4) is 23.3 Å². The van der Waals surface area contributed by atoms with E-state index >= 15 is 4.79 Å². The van der Waals surface area contributed by atoms with Crippen molar-refractivity contribution >= 4 is 11.6 Å². The van der Waals surface area contributed by atoms with Gasteiger partial charge in [-0.2, -0.15) is 5.26 Å². The molecule has 348 valence electrons. The highest BCUT2D eigenvalue weighted by atomic mass is 16.8. The second-order valence-corrected chi connectivity index (χ2v) is 17.5. The third kappa shape index (κ3) is 11.0. The van der Waals surface area contributed by atoms with Gasteiger partial charge >= 0.3 is 0 Å². The molecule has 13 heteroatoms. The molecule has 4 aliphatic rings. The first-order chi connectivity index (χ1) is 31.7. The van der Waals surface area contributed by atoms with E-state index in [0.29, 0.717) is 60.0 Å². The Hall–Kier alpha value is -5.07. The molecule has 3 aromatic rings. The first kappa shape index (κ1) is 47.9. The summed E-state index contributed by atoms with van der Waals surface area (Å²) in [6.45, 7) is 9.15. The molecule has 2 heterocycles. The molecule has 3 N–H and O–H groups in total. The van der Waals surface area contributed by atoms with Gasteiger partial charge < -0.3 is 48.7 Å². The number of nitrogens with zero attached hydrogens (tertiary/aromatic N) is 3. The molecule has 0 bridgehead atoms. The molecule has 1 amide bonds. The van der Waals surface area contributed by atoms with Crippen LogP contribution in [0.3, 0.4) is 0 Å². The molecule has 1 saturated carbocycles. The molecule has 0 spiro atoms. The van der Waals surface area contributed by atoms with Crippen LogP contribution in [0.4, 0.5) is 0 Å². The quantitative estimate of drug-likeness (QED) is 0.0504. The Morgan fingerprint density at radius 3 is 2.43 bits per heavy atom. The summed E-state index contributed by atoms with van der Waals surface area (Å²) in [7, 11) is 0. The normalized spacial score (nSPS) is 25.0. The average molecular weight is 892 g/mol. The molecule has 7 unspecified atom stereocenters. The summed E-state index contributed by atoms with van der Waals surface area (Å²) >= 11 is 0. The molecule has 7 rings (SSSR count). The standard InChI is InChI=1S/C52H65N3O10/c1-4-26-62-52-47(55(22-28-60-29-25-58)51(59)38-17-15-37(34-53)16-18-38)33-45(54-65-48-13-7-10-27-61-48)43-31-39(11-5-8-23-56)42(12-6-9-24-57)49(50(43)52)44-32-41(20-21-46(44)64-52)63-40-19-14-35(2)36(3)30-40/h4,14-21,30-32,39,42,47-50,56-58H,1,5-13,22-29,33H2,2-3H3. The number of oxime groups is 1. The van der Waals surface area contributed by atoms with Gasteiger partial charge in [0.1, 0.15) is 23.3 Å². The fraction of sp³-hybridized carbons (Fsp3) is 0.519. The van der Waals surface area contributed by atoms with Gasteiger partial charge in [0.15, 0.2) is 0 Å². The number of ether oxygens (including phenoxy) is 5. The Morgan fingerprint density at radius 2 is 1.72 bits per heavy atom. The highest BCUT2D eigenvalue weighted by Gasteiger charge is 2.65. The number of hydrogen-bond donors (Lipinski definition) is 3. The van der Waals surface area contributed by atoms with Gasteiger partial charge in [0.05, 0.1) is 56.3 Å². The summed E-state index contributed by atoms with van der Waals surface area (Å²) in [5.41, 5.74) is 5.58. The monoisotopic (exact) mass is 891 g/mol. The zero-order chi connectivity index (χ0) is 45.8. The summed E-state index contributed by atoms with van der Waals surface area (Å²) in [6, 6.07) is 19.8. The maximum absolute atomic E-state index is 15.1. The van der Waals surface area contributed by atoms with Gasteiger partial charge in [0.2, 0.25) is 12.1 Å². The van der Waals surface area contributed by atoms with Crippen LogP contribution in [0.1, 0.15) is 103 Å². The number of hydrogen-bond acceptors (Lipinski definition) is 12. The van der Waals surface area contributed by atoms with Crippen molar-refractivity contribution in [2.75, 3.05) is 52.8 Å². The lowest BCUT2D eigenvalue weighted by atomic mass is 9.55. The minimum Gasteiger partial charge on any atom is -0.459 e. The van der Waals surface area contributed by atoms with E-state index in [1.165, 1.54) is 5.56 Å². The largest absolute Gasteiger partial charge is 0.459 e. The molecule has 2 fully saturated rings. The van der Waals surface area contributed by atoms with Crippen LogP contribution >= 0.6 is 0 Å². The van der Waals surface area contributed by atoms with Crippen LogP contribution in [0, 0.1) is 42.9 Å². The van der Waals surface area contributed by atoms with Crippen molar-refractivity contribution in [2.45, 2.75) is 102 Å². The lowest BCUT2D eigenvalue weighted by molar-refractivity contribution is -0.255. The molecular formula is C52H65N3O10. The van der Waals surface area contributed by atoms with E-state index in [2.05, 4.69) is 38.6 Å². The maximum atomic E-state index is 15.1. The molecule has 7 atom stereocenters. The number of carbonyl (C=O) groups excluding carboxylic acids is 1. The van der Waals surface area contributed by atoms with Crippen LogP contribution in [-0.2, 0) is 19.0 Å². The first-order valence-corrected chi connectivity index (χ1v) is 23.4. The van der Waals surface area contributed by atoms with Crippen molar-refractivity contribution in [2.24, 2.45) is 22.9 Å². The number of aliphatic hydroxyl groups is 3. The molecule has 1 saturated heterocycles. The summed E-state index contributed by atoms with van der Waals surface area (Å²) in [4.78, 5) is 23.2. The van der Waals surface area contributed by atoms with E-state index in [-0.39, 0.29) is 76.3 Å². The lowest BCUT2D eigenvalue weighted by Crippen LogP contribution is -2.70. The van der Waals surface area contributed by atoms with E-state index < -0.39 is 24.0 Å². The average Bonchev–Trinajstić information content (AvgIpc) is 3.33. The van der Waals surface area contributed by atoms with Gasteiger partial charge in [-0.1, -0.05) is 36.2 Å². The van der Waals surface area contributed by atoms with Crippen LogP contribution in [0.5, 0.6) is 17.2 Å². The number of allylic oxidation sites excluding steroid dienone is 1. The Bertz CT molecular complexity index is 2180. The molecule has 0 radical (unpaired) electrons. The van der Waals surface area contributed by atoms with E-state index in [1.54, 1.807) is 35.2 Å². The fourth-order valence-corrected chi connectivity index (χ4v) is 10.1. The molecule has 65 heavy (non-hydrogen) atoms. The van der Waals surface area contributed by atoms with Crippen LogP contribution in [0.15, 0.2) is 90.1 Å². The van der Waals surface area contributed by atoms with Gasteiger partial charge in [0.25, 0.3) is 5.91 Å².